The number of rotatable bonds is 3. The molecule has 0 aromatic heterocycles. The topological polar surface area (TPSA) is 46.3 Å². The van der Waals surface area contributed by atoms with E-state index < -0.39 is 0 Å². The third-order valence-electron chi connectivity index (χ3n) is 4.29. The number of amides is 1. The molecule has 2 N–H and O–H groups in total. The lowest BCUT2D eigenvalue weighted by Gasteiger charge is -2.28. The van der Waals surface area contributed by atoms with E-state index in [0.717, 1.165) is 17.7 Å². The quantitative estimate of drug-likeness (QED) is 0.936. The van der Waals surface area contributed by atoms with Gasteiger partial charge in [-0.15, -0.1) is 0 Å². The molecule has 0 saturated carbocycles. The Morgan fingerprint density at radius 3 is 2.65 bits per heavy atom. The lowest BCUT2D eigenvalue weighted by molar-refractivity contribution is -0.118. The van der Waals surface area contributed by atoms with Gasteiger partial charge in [-0.25, -0.2) is 0 Å². The Labute approximate surface area is 137 Å². The van der Waals surface area contributed by atoms with Crippen LogP contribution >= 0.6 is 0 Å². The van der Waals surface area contributed by atoms with Crippen LogP contribution < -0.4 is 10.6 Å². The maximum atomic E-state index is 12.6. The fraction of sp³-hybridized carbons (Fsp3) is 0.250. The molecular formula is C20H22N2O. The van der Waals surface area contributed by atoms with Crippen LogP contribution in [0.2, 0.25) is 0 Å². The van der Waals surface area contributed by atoms with Crippen molar-refractivity contribution in [3.05, 3.63) is 65.2 Å². The van der Waals surface area contributed by atoms with Crippen LogP contribution in [0, 0.1) is 0 Å². The highest BCUT2D eigenvalue weighted by atomic mass is 16.2. The number of hydrogen-bond donors (Lipinski definition) is 1. The van der Waals surface area contributed by atoms with Crippen LogP contribution in [0.1, 0.15) is 36.5 Å². The van der Waals surface area contributed by atoms with Gasteiger partial charge in [-0.3, -0.25) is 4.79 Å². The predicted octanol–water partition coefficient (Wildman–Crippen LogP) is 3.83. The molecule has 0 aliphatic carbocycles. The second-order valence-corrected chi connectivity index (χ2v) is 5.76. The van der Waals surface area contributed by atoms with Gasteiger partial charge in [0.25, 0.3) is 0 Å². The summed E-state index contributed by atoms with van der Waals surface area (Å²) in [5.41, 5.74) is 11.4. The van der Waals surface area contributed by atoms with Crippen molar-refractivity contribution in [3.63, 3.8) is 0 Å². The lowest BCUT2D eigenvalue weighted by Crippen LogP contribution is -2.33. The second-order valence-electron chi connectivity index (χ2n) is 5.76. The predicted molar refractivity (Wildman–Crippen MR) is 95.9 cm³/mol. The molecule has 2 aromatic rings. The van der Waals surface area contributed by atoms with Crippen molar-refractivity contribution in [2.24, 2.45) is 5.73 Å². The molecule has 0 spiro atoms. The highest BCUT2D eigenvalue weighted by molar-refractivity contribution is 5.98. The first-order chi connectivity index (χ1) is 11.2. The molecular weight excluding hydrogens is 284 g/mol. The van der Waals surface area contributed by atoms with Crippen molar-refractivity contribution < 1.29 is 4.79 Å². The van der Waals surface area contributed by atoms with Gasteiger partial charge >= 0.3 is 0 Å². The van der Waals surface area contributed by atoms with E-state index in [9.17, 15) is 4.79 Å². The van der Waals surface area contributed by atoms with Crippen molar-refractivity contribution in [1.29, 1.82) is 0 Å². The molecule has 3 rings (SSSR count). The minimum Gasteiger partial charge on any atom is -0.330 e. The molecule has 1 heterocycles. The average molecular weight is 306 g/mol. The number of nitrogens with two attached hydrogens (primary N) is 1. The SMILES string of the molecule is CC/C1=C/c2ccccc2N(C(=O)CCN)Cc2ccccc21. The van der Waals surface area contributed by atoms with Gasteiger partial charge in [0.05, 0.1) is 12.2 Å². The lowest BCUT2D eigenvalue weighted by atomic mass is 9.93. The van der Waals surface area contributed by atoms with Gasteiger partial charge < -0.3 is 10.6 Å². The Kier molecular flexibility index (Phi) is 4.58. The molecule has 2 aromatic carbocycles. The van der Waals surface area contributed by atoms with Gasteiger partial charge in [0, 0.05) is 13.0 Å². The zero-order chi connectivity index (χ0) is 16.2. The van der Waals surface area contributed by atoms with Crippen LogP contribution in [0.15, 0.2) is 48.5 Å². The number of allylic oxidation sites excluding steroid dienone is 1. The standard InChI is InChI=1S/C20H22N2O/c1-2-15-13-16-7-4-6-10-19(16)22(20(23)11-12-21)14-17-8-3-5-9-18(15)17/h3-10,13H,2,11-12,14,21H2,1H3/b15-13-. The zero-order valence-electron chi connectivity index (χ0n) is 13.5. The van der Waals surface area contributed by atoms with Gasteiger partial charge in [0.2, 0.25) is 5.91 Å². The minimum absolute atomic E-state index is 0.0723. The zero-order valence-corrected chi connectivity index (χ0v) is 13.5. The fourth-order valence-electron chi connectivity index (χ4n) is 3.12. The average Bonchev–Trinajstić information content (AvgIpc) is 2.57. The van der Waals surface area contributed by atoms with Crippen molar-refractivity contribution in [2.75, 3.05) is 11.4 Å². The Morgan fingerprint density at radius 1 is 1.13 bits per heavy atom. The Bertz CT molecular complexity index is 749. The summed E-state index contributed by atoms with van der Waals surface area (Å²) in [6.45, 7) is 3.13. The van der Waals surface area contributed by atoms with Crippen LogP contribution in [-0.4, -0.2) is 12.5 Å². The number of para-hydroxylation sites is 1. The number of benzene rings is 2. The van der Waals surface area contributed by atoms with Gasteiger partial charge in [0.1, 0.15) is 0 Å². The molecule has 3 nitrogen and oxygen atoms in total. The summed E-state index contributed by atoms with van der Waals surface area (Å²) in [5.74, 6) is 0.0723. The van der Waals surface area contributed by atoms with Crippen LogP contribution in [0.3, 0.4) is 0 Å². The summed E-state index contributed by atoms with van der Waals surface area (Å²) < 4.78 is 0. The fourth-order valence-corrected chi connectivity index (χ4v) is 3.12. The van der Waals surface area contributed by atoms with Crippen molar-refractivity contribution in [2.45, 2.75) is 26.3 Å². The van der Waals surface area contributed by atoms with E-state index in [1.807, 2.05) is 29.2 Å². The Balaban J connectivity index is 2.19. The monoisotopic (exact) mass is 306 g/mol. The first-order valence-electron chi connectivity index (χ1n) is 8.13. The summed E-state index contributed by atoms with van der Waals surface area (Å²) in [7, 11) is 0. The number of anilines is 1. The van der Waals surface area contributed by atoms with Crippen LogP contribution in [0.4, 0.5) is 5.69 Å². The highest BCUT2D eigenvalue weighted by Crippen LogP contribution is 2.33. The largest absolute Gasteiger partial charge is 0.330 e. The van der Waals surface area contributed by atoms with E-state index in [-0.39, 0.29) is 5.91 Å². The molecule has 0 bridgehead atoms. The van der Waals surface area contributed by atoms with E-state index in [2.05, 4.69) is 37.3 Å². The molecule has 3 heteroatoms. The van der Waals surface area contributed by atoms with E-state index >= 15 is 0 Å². The number of fused-ring (bicyclic) bond motifs is 2. The van der Waals surface area contributed by atoms with Gasteiger partial charge in [-0.05, 0) is 40.8 Å². The highest BCUT2D eigenvalue weighted by Gasteiger charge is 2.21. The third-order valence-corrected chi connectivity index (χ3v) is 4.29. The molecule has 1 aliphatic rings. The van der Waals surface area contributed by atoms with Crippen LogP contribution in [0.5, 0.6) is 0 Å². The molecule has 0 unspecified atom stereocenters. The molecule has 1 aliphatic heterocycles. The molecule has 0 saturated heterocycles. The van der Waals surface area contributed by atoms with E-state index in [0.29, 0.717) is 19.5 Å². The molecule has 0 radical (unpaired) electrons. The first-order valence-corrected chi connectivity index (χ1v) is 8.13. The summed E-state index contributed by atoms with van der Waals surface area (Å²) in [6.07, 6.45) is 3.53. The summed E-state index contributed by atoms with van der Waals surface area (Å²) in [6, 6.07) is 16.4. The van der Waals surface area contributed by atoms with Crippen LogP contribution in [-0.2, 0) is 11.3 Å². The van der Waals surface area contributed by atoms with Crippen LogP contribution in [0.25, 0.3) is 11.6 Å². The molecule has 118 valence electrons. The molecule has 1 amide bonds. The minimum atomic E-state index is 0.0723. The number of hydrogen-bond acceptors (Lipinski definition) is 2. The molecule has 0 fully saturated rings. The van der Waals surface area contributed by atoms with Gasteiger partial charge in [-0.1, -0.05) is 49.4 Å². The van der Waals surface area contributed by atoms with Gasteiger partial charge in [0.15, 0.2) is 0 Å². The third kappa shape index (κ3) is 3.06. The maximum Gasteiger partial charge on any atom is 0.228 e. The van der Waals surface area contributed by atoms with E-state index in [1.165, 1.54) is 16.7 Å². The summed E-state index contributed by atoms with van der Waals surface area (Å²) in [4.78, 5) is 14.5. The molecule has 0 atom stereocenters. The van der Waals surface area contributed by atoms with E-state index in [4.69, 9.17) is 5.73 Å². The summed E-state index contributed by atoms with van der Waals surface area (Å²) >= 11 is 0. The smallest absolute Gasteiger partial charge is 0.228 e. The number of carbonyl (C=O) groups is 1. The summed E-state index contributed by atoms with van der Waals surface area (Å²) in [5, 5.41) is 0. The number of nitrogens with zero attached hydrogens (tertiary/aromatic N) is 1. The maximum absolute atomic E-state index is 12.6. The van der Waals surface area contributed by atoms with E-state index in [1.54, 1.807) is 0 Å². The first kappa shape index (κ1) is 15.5. The molecule has 23 heavy (non-hydrogen) atoms. The Morgan fingerprint density at radius 2 is 1.87 bits per heavy atom. The normalized spacial score (nSPS) is 15.7. The van der Waals surface area contributed by atoms with Crippen molar-refractivity contribution >= 4 is 23.2 Å². The second kappa shape index (κ2) is 6.80. The van der Waals surface area contributed by atoms with Gasteiger partial charge in [-0.2, -0.15) is 0 Å². The number of carbonyl (C=O) groups excluding carboxylic acids is 1. The van der Waals surface area contributed by atoms with Crippen molar-refractivity contribution in [1.82, 2.24) is 0 Å². The Hall–Kier alpha value is -2.39. The van der Waals surface area contributed by atoms with Crippen molar-refractivity contribution in [3.8, 4) is 0 Å².